The number of rotatable bonds is 3. The third-order valence-electron chi connectivity index (χ3n) is 2.94. The highest BCUT2D eigenvalue weighted by Gasteiger charge is 2.27. The van der Waals surface area contributed by atoms with E-state index in [4.69, 9.17) is 0 Å². The standard InChI is InChI=1S/C10H20N2O/c1-4-11(5-2)10-6-7-12(8-10)9(3)13/h10H,4-8H2,1-3H3/t10-/m0/s1. The highest BCUT2D eigenvalue weighted by molar-refractivity contribution is 5.73. The van der Waals surface area contributed by atoms with E-state index in [1.807, 2.05) is 4.90 Å². The third kappa shape index (κ3) is 2.44. The van der Waals surface area contributed by atoms with Crippen LogP contribution in [0.15, 0.2) is 0 Å². The van der Waals surface area contributed by atoms with Crippen LogP contribution in [0, 0.1) is 0 Å². The van der Waals surface area contributed by atoms with Gasteiger partial charge in [0, 0.05) is 26.1 Å². The Morgan fingerprint density at radius 3 is 2.46 bits per heavy atom. The zero-order chi connectivity index (χ0) is 9.84. The van der Waals surface area contributed by atoms with E-state index in [2.05, 4.69) is 18.7 Å². The maximum absolute atomic E-state index is 11.1. The van der Waals surface area contributed by atoms with Crippen LogP contribution in [0.5, 0.6) is 0 Å². The first-order valence-corrected chi connectivity index (χ1v) is 5.18. The quantitative estimate of drug-likeness (QED) is 0.652. The molecule has 76 valence electrons. The fraction of sp³-hybridized carbons (Fsp3) is 0.900. The number of carbonyl (C=O) groups is 1. The van der Waals surface area contributed by atoms with Crippen molar-refractivity contribution in [3.05, 3.63) is 0 Å². The van der Waals surface area contributed by atoms with Crippen LogP contribution in [-0.2, 0) is 4.79 Å². The van der Waals surface area contributed by atoms with Gasteiger partial charge in [-0.25, -0.2) is 0 Å². The minimum Gasteiger partial charge on any atom is -0.341 e. The topological polar surface area (TPSA) is 23.6 Å². The molecule has 0 unspecified atom stereocenters. The van der Waals surface area contributed by atoms with Crippen molar-refractivity contribution in [2.24, 2.45) is 0 Å². The Hall–Kier alpha value is -0.570. The lowest BCUT2D eigenvalue weighted by atomic mass is 10.2. The molecule has 0 spiro atoms. The molecule has 0 N–H and O–H groups in total. The van der Waals surface area contributed by atoms with Gasteiger partial charge in [0.1, 0.15) is 0 Å². The minimum atomic E-state index is 0.217. The predicted molar refractivity (Wildman–Crippen MR) is 53.6 cm³/mol. The Morgan fingerprint density at radius 2 is 2.08 bits per heavy atom. The van der Waals surface area contributed by atoms with Crippen LogP contribution < -0.4 is 0 Å². The number of hydrogen-bond donors (Lipinski definition) is 0. The first kappa shape index (κ1) is 10.5. The molecular formula is C10H20N2O. The van der Waals surface area contributed by atoms with Gasteiger partial charge in [-0.1, -0.05) is 13.8 Å². The second kappa shape index (κ2) is 4.61. The van der Waals surface area contributed by atoms with Gasteiger partial charge in [-0.2, -0.15) is 0 Å². The number of carbonyl (C=O) groups excluding carboxylic acids is 1. The second-order valence-corrected chi connectivity index (χ2v) is 3.63. The van der Waals surface area contributed by atoms with Crippen LogP contribution in [0.25, 0.3) is 0 Å². The molecular weight excluding hydrogens is 164 g/mol. The Kier molecular flexibility index (Phi) is 3.72. The normalized spacial score (nSPS) is 22.8. The summed E-state index contributed by atoms with van der Waals surface area (Å²) in [6.07, 6.45) is 1.14. The number of nitrogens with zero attached hydrogens (tertiary/aromatic N) is 2. The van der Waals surface area contributed by atoms with Crippen molar-refractivity contribution in [1.82, 2.24) is 9.80 Å². The van der Waals surface area contributed by atoms with Gasteiger partial charge in [-0.3, -0.25) is 9.69 Å². The molecule has 0 aliphatic carbocycles. The summed E-state index contributed by atoms with van der Waals surface area (Å²) in [6.45, 7) is 10.1. The summed E-state index contributed by atoms with van der Waals surface area (Å²) < 4.78 is 0. The Labute approximate surface area is 80.7 Å². The summed E-state index contributed by atoms with van der Waals surface area (Å²) in [7, 11) is 0. The Balaban J connectivity index is 2.43. The fourth-order valence-electron chi connectivity index (χ4n) is 2.07. The molecule has 1 saturated heterocycles. The van der Waals surface area contributed by atoms with Crippen molar-refractivity contribution in [3.63, 3.8) is 0 Å². The van der Waals surface area contributed by atoms with Gasteiger partial charge in [0.25, 0.3) is 0 Å². The molecule has 0 aromatic carbocycles. The van der Waals surface area contributed by atoms with Crippen molar-refractivity contribution >= 4 is 5.91 Å². The fourth-order valence-corrected chi connectivity index (χ4v) is 2.07. The molecule has 0 radical (unpaired) electrons. The highest BCUT2D eigenvalue weighted by Crippen LogP contribution is 2.14. The SMILES string of the molecule is CCN(CC)[C@H]1CCN(C(C)=O)C1. The lowest BCUT2D eigenvalue weighted by Gasteiger charge is -2.25. The molecule has 1 aliphatic rings. The summed E-state index contributed by atoms with van der Waals surface area (Å²) in [6, 6.07) is 0.596. The summed E-state index contributed by atoms with van der Waals surface area (Å²) in [4.78, 5) is 15.5. The van der Waals surface area contributed by atoms with Crippen LogP contribution >= 0.6 is 0 Å². The van der Waals surface area contributed by atoms with Crippen molar-refractivity contribution in [3.8, 4) is 0 Å². The summed E-state index contributed by atoms with van der Waals surface area (Å²) in [5.74, 6) is 0.217. The average Bonchev–Trinajstić information content (AvgIpc) is 2.56. The van der Waals surface area contributed by atoms with Gasteiger partial charge in [-0.05, 0) is 19.5 Å². The van der Waals surface area contributed by atoms with E-state index in [0.29, 0.717) is 6.04 Å². The lowest BCUT2D eigenvalue weighted by Crippen LogP contribution is -2.38. The van der Waals surface area contributed by atoms with Crippen molar-refractivity contribution in [2.75, 3.05) is 26.2 Å². The molecule has 1 rings (SSSR count). The molecule has 0 saturated carbocycles. The largest absolute Gasteiger partial charge is 0.341 e. The molecule has 0 aromatic rings. The molecule has 1 atom stereocenters. The molecule has 3 nitrogen and oxygen atoms in total. The number of likely N-dealkylation sites (N-methyl/N-ethyl adjacent to an activating group) is 1. The smallest absolute Gasteiger partial charge is 0.219 e. The first-order chi connectivity index (χ1) is 6.19. The maximum atomic E-state index is 11.1. The van der Waals surface area contributed by atoms with E-state index in [0.717, 1.165) is 32.6 Å². The van der Waals surface area contributed by atoms with Crippen LogP contribution in [0.1, 0.15) is 27.2 Å². The van der Waals surface area contributed by atoms with E-state index in [1.54, 1.807) is 6.92 Å². The van der Waals surface area contributed by atoms with Gasteiger partial charge in [0.05, 0.1) is 0 Å². The molecule has 1 fully saturated rings. The van der Waals surface area contributed by atoms with Crippen LogP contribution in [0.4, 0.5) is 0 Å². The maximum Gasteiger partial charge on any atom is 0.219 e. The van der Waals surface area contributed by atoms with Crippen molar-refractivity contribution < 1.29 is 4.79 Å². The van der Waals surface area contributed by atoms with Crippen molar-refractivity contribution in [2.45, 2.75) is 33.2 Å². The average molecular weight is 184 g/mol. The summed E-state index contributed by atoms with van der Waals surface area (Å²) in [5.41, 5.74) is 0. The van der Waals surface area contributed by atoms with Crippen LogP contribution in [-0.4, -0.2) is 47.9 Å². The first-order valence-electron chi connectivity index (χ1n) is 5.18. The van der Waals surface area contributed by atoms with E-state index in [-0.39, 0.29) is 5.91 Å². The van der Waals surface area contributed by atoms with Crippen molar-refractivity contribution in [1.29, 1.82) is 0 Å². The van der Waals surface area contributed by atoms with E-state index in [9.17, 15) is 4.79 Å². The van der Waals surface area contributed by atoms with E-state index in [1.165, 1.54) is 0 Å². The van der Waals surface area contributed by atoms with E-state index >= 15 is 0 Å². The molecule has 3 heteroatoms. The molecule has 1 aliphatic heterocycles. The zero-order valence-corrected chi connectivity index (χ0v) is 8.92. The summed E-state index contributed by atoms with van der Waals surface area (Å²) >= 11 is 0. The van der Waals surface area contributed by atoms with Crippen LogP contribution in [0.3, 0.4) is 0 Å². The monoisotopic (exact) mass is 184 g/mol. The lowest BCUT2D eigenvalue weighted by molar-refractivity contribution is -0.127. The molecule has 0 aromatic heterocycles. The minimum absolute atomic E-state index is 0.217. The van der Waals surface area contributed by atoms with Gasteiger partial charge in [0.2, 0.25) is 5.91 Å². The Bertz CT molecular complexity index is 178. The number of hydrogen-bond acceptors (Lipinski definition) is 2. The second-order valence-electron chi connectivity index (χ2n) is 3.63. The molecule has 13 heavy (non-hydrogen) atoms. The van der Waals surface area contributed by atoms with Gasteiger partial charge in [-0.15, -0.1) is 0 Å². The zero-order valence-electron chi connectivity index (χ0n) is 8.92. The number of likely N-dealkylation sites (tertiary alicyclic amines) is 1. The van der Waals surface area contributed by atoms with Crippen LogP contribution in [0.2, 0.25) is 0 Å². The highest BCUT2D eigenvalue weighted by atomic mass is 16.2. The summed E-state index contributed by atoms with van der Waals surface area (Å²) in [5, 5.41) is 0. The molecule has 1 heterocycles. The Morgan fingerprint density at radius 1 is 1.46 bits per heavy atom. The third-order valence-corrected chi connectivity index (χ3v) is 2.94. The molecule has 1 amide bonds. The van der Waals surface area contributed by atoms with Gasteiger partial charge in [0.15, 0.2) is 0 Å². The van der Waals surface area contributed by atoms with Gasteiger partial charge >= 0.3 is 0 Å². The molecule has 0 bridgehead atoms. The van der Waals surface area contributed by atoms with Gasteiger partial charge < -0.3 is 4.90 Å². The number of amides is 1. The predicted octanol–water partition coefficient (Wildman–Crippen LogP) is 0.949. The van der Waals surface area contributed by atoms with E-state index < -0.39 is 0 Å².